The number of rotatable bonds is 3. The molecule has 0 spiro atoms. The highest BCUT2D eigenvalue weighted by Gasteiger charge is 2.16. The Bertz CT molecular complexity index is 606. The third kappa shape index (κ3) is 2.44. The fourth-order valence-electron chi connectivity index (χ4n) is 2.91. The van der Waals surface area contributed by atoms with Crippen LogP contribution in [0.4, 0.5) is 0 Å². The fourth-order valence-corrected chi connectivity index (χ4v) is 2.91. The topological polar surface area (TPSA) is 35.2 Å². The highest BCUT2D eigenvalue weighted by atomic mass is 16.5. The Balaban J connectivity index is 1.96. The Labute approximate surface area is 120 Å². The van der Waals surface area contributed by atoms with Crippen molar-refractivity contribution in [2.45, 2.75) is 32.2 Å². The van der Waals surface area contributed by atoms with Gasteiger partial charge in [0.1, 0.15) is 5.75 Å². The van der Waals surface area contributed by atoms with Crippen LogP contribution in [0, 0.1) is 0 Å². The van der Waals surface area contributed by atoms with E-state index in [4.69, 9.17) is 10.5 Å². The number of hydrogen-bond acceptors (Lipinski definition) is 2. The summed E-state index contributed by atoms with van der Waals surface area (Å²) in [7, 11) is 0. The summed E-state index contributed by atoms with van der Waals surface area (Å²) in [6, 6.07) is 14.8. The lowest BCUT2D eigenvalue weighted by atomic mass is 9.92. The van der Waals surface area contributed by atoms with E-state index in [2.05, 4.69) is 49.4 Å². The molecule has 0 bridgehead atoms. The molecule has 0 saturated heterocycles. The van der Waals surface area contributed by atoms with Crippen molar-refractivity contribution in [3.8, 4) is 5.75 Å². The quantitative estimate of drug-likeness (QED) is 0.921. The maximum Gasteiger partial charge on any atom is 0.122 e. The average molecular weight is 267 g/mol. The Morgan fingerprint density at radius 2 is 2.05 bits per heavy atom. The van der Waals surface area contributed by atoms with E-state index in [9.17, 15) is 0 Å². The Hall–Kier alpha value is -1.80. The number of fused-ring (bicyclic) bond motifs is 1. The zero-order chi connectivity index (χ0) is 13.9. The van der Waals surface area contributed by atoms with E-state index in [0.29, 0.717) is 0 Å². The second-order valence-electron chi connectivity index (χ2n) is 5.35. The highest BCUT2D eigenvalue weighted by Crippen LogP contribution is 2.30. The minimum atomic E-state index is -0.0571. The molecule has 0 aromatic heterocycles. The lowest BCUT2D eigenvalue weighted by Gasteiger charge is -2.21. The number of ether oxygens (including phenoxy) is 1. The van der Waals surface area contributed by atoms with Crippen LogP contribution in [-0.4, -0.2) is 6.61 Å². The van der Waals surface area contributed by atoms with Gasteiger partial charge in [-0.25, -0.2) is 0 Å². The van der Waals surface area contributed by atoms with E-state index in [1.165, 1.54) is 22.3 Å². The zero-order valence-corrected chi connectivity index (χ0v) is 11.9. The molecule has 0 amide bonds. The largest absolute Gasteiger partial charge is 0.493 e. The van der Waals surface area contributed by atoms with Crippen LogP contribution in [0.3, 0.4) is 0 Å². The average Bonchev–Trinajstić information content (AvgIpc) is 2.53. The van der Waals surface area contributed by atoms with Crippen LogP contribution in [0.15, 0.2) is 42.5 Å². The van der Waals surface area contributed by atoms with Gasteiger partial charge in [-0.3, -0.25) is 0 Å². The molecule has 2 nitrogen and oxygen atoms in total. The van der Waals surface area contributed by atoms with Gasteiger partial charge >= 0.3 is 0 Å². The molecular formula is C18H21NO. The number of nitrogens with two attached hydrogens (primary N) is 1. The molecule has 2 aromatic rings. The Kier molecular flexibility index (Phi) is 3.75. The fraction of sp³-hybridized carbons (Fsp3) is 0.333. The Morgan fingerprint density at radius 1 is 1.20 bits per heavy atom. The molecule has 104 valence electrons. The molecule has 2 N–H and O–H groups in total. The highest BCUT2D eigenvalue weighted by molar-refractivity contribution is 5.43. The van der Waals surface area contributed by atoms with Crippen LogP contribution in [-0.2, 0) is 12.8 Å². The zero-order valence-electron chi connectivity index (χ0n) is 11.9. The first kappa shape index (κ1) is 13.2. The van der Waals surface area contributed by atoms with Crippen molar-refractivity contribution >= 4 is 0 Å². The van der Waals surface area contributed by atoms with Gasteiger partial charge in [0.05, 0.1) is 12.6 Å². The molecule has 2 heteroatoms. The van der Waals surface area contributed by atoms with Crippen molar-refractivity contribution in [1.82, 2.24) is 0 Å². The molecule has 3 rings (SSSR count). The van der Waals surface area contributed by atoms with E-state index < -0.39 is 0 Å². The van der Waals surface area contributed by atoms with Crippen LogP contribution < -0.4 is 10.5 Å². The molecule has 0 aliphatic carbocycles. The normalized spacial score (nSPS) is 15.3. The van der Waals surface area contributed by atoms with Gasteiger partial charge in [-0.15, -0.1) is 0 Å². The Morgan fingerprint density at radius 3 is 2.90 bits per heavy atom. The summed E-state index contributed by atoms with van der Waals surface area (Å²) in [5.41, 5.74) is 11.5. The van der Waals surface area contributed by atoms with Crippen LogP contribution >= 0.6 is 0 Å². The van der Waals surface area contributed by atoms with Gasteiger partial charge < -0.3 is 10.5 Å². The van der Waals surface area contributed by atoms with E-state index >= 15 is 0 Å². The van der Waals surface area contributed by atoms with Crippen molar-refractivity contribution < 1.29 is 4.74 Å². The van der Waals surface area contributed by atoms with Gasteiger partial charge in [-0.1, -0.05) is 43.3 Å². The second-order valence-corrected chi connectivity index (χ2v) is 5.35. The van der Waals surface area contributed by atoms with Gasteiger partial charge in [0.25, 0.3) is 0 Å². The molecule has 0 saturated carbocycles. The number of aryl methyl sites for hydroxylation is 2. The van der Waals surface area contributed by atoms with Crippen LogP contribution in [0.25, 0.3) is 0 Å². The van der Waals surface area contributed by atoms with E-state index in [-0.39, 0.29) is 6.04 Å². The minimum absolute atomic E-state index is 0.0571. The SMILES string of the molecule is CCc1ccccc1C(N)c1ccc2c(c1)CCCO2. The summed E-state index contributed by atoms with van der Waals surface area (Å²) in [6.45, 7) is 3.00. The van der Waals surface area contributed by atoms with Crippen molar-refractivity contribution in [2.24, 2.45) is 5.73 Å². The molecule has 2 aromatic carbocycles. The van der Waals surface area contributed by atoms with Crippen molar-refractivity contribution in [1.29, 1.82) is 0 Å². The number of hydrogen-bond donors (Lipinski definition) is 1. The summed E-state index contributed by atoms with van der Waals surface area (Å²) in [5.74, 6) is 1.02. The van der Waals surface area contributed by atoms with Crippen molar-refractivity contribution in [2.75, 3.05) is 6.61 Å². The van der Waals surface area contributed by atoms with Crippen molar-refractivity contribution in [3.05, 3.63) is 64.7 Å². The lowest BCUT2D eigenvalue weighted by molar-refractivity contribution is 0.288. The standard InChI is InChI=1S/C18H21NO/c1-2-13-6-3-4-8-16(13)18(19)15-9-10-17-14(12-15)7-5-11-20-17/h3-4,6,8-10,12,18H,2,5,7,11,19H2,1H3. The minimum Gasteiger partial charge on any atom is -0.493 e. The number of benzene rings is 2. The van der Waals surface area contributed by atoms with Gasteiger partial charge in [-0.2, -0.15) is 0 Å². The van der Waals surface area contributed by atoms with E-state index in [1.807, 2.05) is 0 Å². The molecule has 1 atom stereocenters. The smallest absolute Gasteiger partial charge is 0.122 e. The van der Waals surface area contributed by atoms with Gasteiger partial charge in [0, 0.05) is 0 Å². The molecule has 0 fully saturated rings. The van der Waals surface area contributed by atoms with E-state index in [0.717, 1.165) is 31.6 Å². The predicted molar refractivity (Wildman–Crippen MR) is 82.1 cm³/mol. The van der Waals surface area contributed by atoms with Crippen LogP contribution in [0.2, 0.25) is 0 Å². The molecular weight excluding hydrogens is 246 g/mol. The van der Waals surface area contributed by atoms with Gasteiger partial charge in [-0.05, 0) is 47.6 Å². The van der Waals surface area contributed by atoms with Crippen LogP contribution in [0.5, 0.6) is 5.75 Å². The van der Waals surface area contributed by atoms with Crippen molar-refractivity contribution in [3.63, 3.8) is 0 Å². The van der Waals surface area contributed by atoms with Crippen LogP contribution in [0.1, 0.15) is 41.6 Å². The molecule has 1 aliphatic rings. The van der Waals surface area contributed by atoms with Gasteiger partial charge in [0.2, 0.25) is 0 Å². The molecule has 1 unspecified atom stereocenters. The van der Waals surface area contributed by atoms with E-state index in [1.54, 1.807) is 0 Å². The van der Waals surface area contributed by atoms with Gasteiger partial charge in [0.15, 0.2) is 0 Å². The molecule has 1 heterocycles. The molecule has 20 heavy (non-hydrogen) atoms. The third-order valence-electron chi connectivity index (χ3n) is 4.06. The summed E-state index contributed by atoms with van der Waals surface area (Å²) in [5, 5.41) is 0. The summed E-state index contributed by atoms with van der Waals surface area (Å²) >= 11 is 0. The summed E-state index contributed by atoms with van der Waals surface area (Å²) in [4.78, 5) is 0. The first-order chi connectivity index (χ1) is 9.79. The monoisotopic (exact) mass is 267 g/mol. The molecule has 1 aliphatic heterocycles. The summed E-state index contributed by atoms with van der Waals surface area (Å²) < 4.78 is 5.67. The maximum absolute atomic E-state index is 6.49. The third-order valence-corrected chi connectivity index (χ3v) is 4.06. The first-order valence-corrected chi connectivity index (χ1v) is 7.38. The summed E-state index contributed by atoms with van der Waals surface area (Å²) in [6.07, 6.45) is 3.19. The first-order valence-electron chi connectivity index (χ1n) is 7.38. The molecule has 0 radical (unpaired) electrons. The lowest BCUT2D eigenvalue weighted by Crippen LogP contribution is -2.15. The predicted octanol–water partition coefficient (Wildman–Crippen LogP) is 3.62. The maximum atomic E-state index is 6.49. The second kappa shape index (κ2) is 5.68.